The van der Waals surface area contributed by atoms with Crippen molar-refractivity contribution in [3.8, 4) is 5.75 Å². The van der Waals surface area contributed by atoms with E-state index in [4.69, 9.17) is 15.6 Å². The largest absolute Gasteiger partial charge is 0.496 e. The monoisotopic (exact) mass is 316 g/mol. The number of ether oxygens (including phenoxy) is 1. The molecule has 0 bridgehead atoms. The Bertz CT molecular complexity index is 412. The average Bonchev–Trinajstić information content (AvgIpc) is 2.28. The van der Waals surface area contributed by atoms with Crippen LogP contribution in [0, 0.1) is 0 Å². The van der Waals surface area contributed by atoms with E-state index in [1.54, 1.807) is 7.11 Å². The molecule has 100 valence electrons. The fourth-order valence-electron chi connectivity index (χ4n) is 1.52. The van der Waals surface area contributed by atoms with Gasteiger partial charge < -0.3 is 20.9 Å². The molecule has 0 aromatic heterocycles. The van der Waals surface area contributed by atoms with Gasteiger partial charge in [-0.3, -0.25) is 4.79 Å². The number of hydrogen-bond donors (Lipinski definition) is 3. The minimum Gasteiger partial charge on any atom is -0.496 e. The lowest BCUT2D eigenvalue weighted by atomic mass is 10.2. The van der Waals surface area contributed by atoms with Crippen molar-refractivity contribution in [2.45, 2.75) is 19.0 Å². The fraction of sp³-hybridized carbons (Fsp3) is 0.417. The van der Waals surface area contributed by atoms with Gasteiger partial charge in [-0.25, -0.2) is 0 Å². The summed E-state index contributed by atoms with van der Waals surface area (Å²) in [5.74, 6) is -0.0992. The van der Waals surface area contributed by atoms with Crippen LogP contribution in [0.4, 0.5) is 0 Å². The molecule has 0 fully saturated rings. The van der Waals surface area contributed by atoms with E-state index in [1.165, 1.54) is 0 Å². The van der Waals surface area contributed by atoms with E-state index in [0.717, 1.165) is 15.8 Å². The Labute approximate surface area is 114 Å². The Morgan fingerprint density at radius 2 is 2.33 bits per heavy atom. The summed E-state index contributed by atoms with van der Waals surface area (Å²) < 4.78 is 6.02. The highest BCUT2D eigenvalue weighted by Gasteiger charge is 2.07. The molecule has 1 aromatic rings. The van der Waals surface area contributed by atoms with Crippen LogP contribution in [0.2, 0.25) is 0 Å². The summed E-state index contributed by atoms with van der Waals surface area (Å²) in [5.41, 5.74) is 6.72. The van der Waals surface area contributed by atoms with Gasteiger partial charge in [0, 0.05) is 19.1 Å². The first-order chi connectivity index (χ1) is 8.52. The van der Waals surface area contributed by atoms with Crippen molar-refractivity contribution in [2.24, 2.45) is 5.73 Å². The second-order valence-electron chi connectivity index (χ2n) is 3.96. The van der Waals surface area contributed by atoms with Gasteiger partial charge in [0.05, 0.1) is 18.0 Å². The molecule has 1 aromatic carbocycles. The third-order valence-corrected chi connectivity index (χ3v) is 3.01. The molecule has 0 aliphatic heterocycles. The molecule has 0 spiro atoms. The molecule has 1 atom stereocenters. The molecule has 0 saturated carbocycles. The second-order valence-corrected chi connectivity index (χ2v) is 4.81. The van der Waals surface area contributed by atoms with Gasteiger partial charge >= 0.3 is 5.97 Å². The van der Waals surface area contributed by atoms with Crippen LogP contribution in [0.25, 0.3) is 0 Å². The van der Waals surface area contributed by atoms with Gasteiger partial charge in [-0.05, 0) is 33.6 Å². The van der Waals surface area contributed by atoms with Crippen LogP contribution in [0.15, 0.2) is 22.7 Å². The highest BCUT2D eigenvalue weighted by molar-refractivity contribution is 9.10. The first-order valence-electron chi connectivity index (χ1n) is 5.53. The Morgan fingerprint density at radius 1 is 1.61 bits per heavy atom. The predicted octanol–water partition coefficient (Wildman–Crippen LogP) is 1.35. The lowest BCUT2D eigenvalue weighted by Gasteiger charge is -2.11. The number of methoxy groups -OCH3 is 1. The first-order valence-corrected chi connectivity index (χ1v) is 6.32. The van der Waals surface area contributed by atoms with Crippen LogP contribution in [-0.4, -0.2) is 30.8 Å². The quantitative estimate of drug-likeness (QED) is 0.707. The number of aliphatic carboxylic acids is 1. The zero-order valence-electron chi connectivity index (χ0n) is 10.1. The Morgan fingerprint density at radius 3 is 2.89 bits per heavy atom. The number of carbonyl (C=O) groups is 1. The molecular formula is C12H17BrN2O3. The number of carboxylic acid groups (broad SMARTS) is 1. The van der Waals surface area contributed by atoms with Crippen LogP contribution >= 0.6 is 15.9 Å². The third-order valence-electron chi connectivity index (χ3n) is 2.39. The number of rotatable bonds is 7. The average molecular weight is 317 g/mol. The number of carboxylic acids is 1. The highest BCUT2D eigenvalue weighted by atomic mass is 79.9. The molecule has 0 heterocycles. The maximum Gasteiger partial charge on any atom is 0.304 e. The maximum absolute atomic E-state index is 10.4. The molecule has 5 nitrogen and oxygen atoms in total. The molecule has 1 unspecified atom stereocenters. The van der Waals surface area contributed by atoms with Crippen molar-refractivity contribution in [1.29, 1.82) is 0 Å². The lowest BCUT2D eigenvalue weighted by molar-refractivity contribution is -0.137. The summed E-state index contributed by atoms with van der Waals surface area (Å²) >= 11 is 3.41. The van der Waals surface area contributed by atoms with Crippen molar-refractivity contribution < 1.29 is 14.6 Å². The molecule has 0 aliphatic rings. The van der Waals surface area contributed by atoms with Gasteiger partial charge in [0.2, 0.25) is 0 Å². The predicted molar refractivity (Wildman–Crippen MR) is 72.6 cm³/mol. The van der Waals surface area contributed by atoms with Crippen LogP contribution in [0.5, 0.6) is 5.75 Å². The number of hydrogen-bond acceptors (Lipinski definition) is 4. The van der Waals surface area contributed by atoms with Crippen molar-refractivity contribution in [2.75, 3.05) is 13.7 Å². The van der Waals surface area contributed by atoms with E-state index >= 15 is 0 Å². The smallest absolute Gasteiger partial charge is 0.304 e. The van der Waals surface area contributed by atoms with Gasteiger partial charge in [0.15, 0.2) is 0 Å². The topological polar surface area (TPSA) is 84.6 Å². The second kappa shape index (κ2) is 7.35. The molecule has 0 amide bonds. The van der Waals surface area contributed by atoms with Gasteiger partial charge in [-0.1, -0.05) is 6.07 Å². The van der Waals surface area contributed by atoms with Gasteiger partial charge in [-0.15, -0.1) is 0 Å². The van der Waals surface area contributed by atoms with Crippen molar-refractivity contribution >= 4 is 21.9 Å². The number of benzene rings is 1. The van der Waals surface area contributed by atoms with Crippen molar-refractivity contribution in [3.05, 3.63) is 28.2 Å². The van der Waals surface area contributed by atoms with E-state index in [2.05, 4.69) is 21.2 Å². The minimum absolute atomic E-state index is 0.0285. The molecule has 4 N–H and O–H groups in total. The number of nitrogens with two attached hydrogens (primary N) is 1. The summed E-state index contributed by atoms with van der Waals surface area (Å²) in [6.07, 6.45) is -0.0285. The Kier molecular flexibility index (Phi) is 6.11. The van der Waals surface area contributed by atoms with Crippen LogP contribution < -0.4 is 15.8 Å². The van der Waals surface area contributed by atoms with Gasteiger partial charge in [-0.2, -0.15) is 0 Å². The molecule has 0 saturated heterocycles. The summed E-state index contributed by atoms with van der Waals surface area (Å²) in [4.78, 5) is 10.4. The SMILES string of the molecule is COc1ccc(CNCC(N)CC(=O)O)cc1Br. The Hall–Kier alpha value is -1.11. The third kappa shape index (κ3) is 5.03. The Balaban J connectivity index is 2.40. The van der Waals surface area contributed by atoms with Crippen molar-refractivity contribution in [1.82, 2.24) is 5.32 Å². The molecule has 0 aliphatic carbocycles. The summed E-state index contributed by atoms with van der Waals surface area (Å²) in [5, 5.41) is 11.7. The van der Waals surface area contributed by atoms with Crippen LogP contribution in [0.1, 0.15) is 12.0 Å². The number of nitrogens with one attached hydrogen (secondary N) is 1. The minimum atomic E-state index is -0.878. The standard InChI is InChI=1S/C12H17BrN2O3/c1-18-11-3-2-8(4-10(11)13)6-15-7-9(14)5-12(16)17/h2-4,9,15H,5-7,14H2,1H3,(H,16,17). The number of halogens is 1. The maximum atomic E-state index is 10.4. The first kappa shape index (κ1) is 14.9. The summed E-state index contributed by atoms with van der Waals surface area (Å²) in [7, 11) is 1.61. The van der Waals surface area contributed by atoms with Crippen LogP contribution in [-0.2, 0) is 11.3 Å². The van der Waals surface area contributed by atoms with E-state index in [9.17, 15) is 4.79 Å². The lowest BCUT2D eigenvalue weighted by Crippen LogP contribution is -2.35. The zero-order chi connectivity index (χ0) is 13.5. The van der Waals surface area contributed by atoms with Crippen LogP contribution in [0.3, 0.4) is 0 Å². The molecule has 18 heavy (non-hydrogen) atoms. The molecule has 0 radical (unpaired) electrons. The fourth-order valence-corrected chi connectivity index (χ4v) is 2.11. The van der Waals surface area contributed by atoms with E-state index in [0.29, 0.717) is 13.1 Å². The summed E-state index contributed by atoms with van der Waals surface area (Å²) in [6.45, 7) is 1.10. The van der Waals surface area contributed by atoms with E-state index in [-0.39, 0.29) is 12.5 Å². The molecular weight excluding hydrogens is 300 g/mol. The van der Waals surface area contributed by atoms with Crippen molar-refractivity contribution in [3.63, 3.8) is 0 Å². The van der Waals surface area contributed by atoms with E-state index < -0.39 is 5.97 Å². The molecule has 6 heteroatoms. The summed E-state index contributed by atoms with van der Waals surface area (Å²) in [6, 6.07) is 5.40. The van der Waals surface area contributed by atoms with E-state index in [1.807, 2.05) is 18.2 Å². The van der Waals surface area contributed by atoms with Gasteiger partial charge in [0.25, 0.3) is 0 Å². The van der Waals surface area contributed by atoms with Gasteiger partial charge in [0.1, 0.15) is 5.75 Å². The highest BCUT2D eigenvalue weighted by Crippen LogP contribution is 2.25. The molecule has 1 rings (SSSR count). The zero-order valence-corrected chi connectivity index (χ0v) is 11.7. The normalized spacial score (nSPS) is 12.2.